The molecule has 0 aromatic carbocycles. The summed E-state index contributed by atoms with van der Waals surface area (Å²) in [6, 6.07) is 5.34. The maximum atomic E-state index is 12.9. The number of amides is 1. The fraction of sp³-hybridized carbons (Fsp3) is 0.611. The van der Waals surface area contributed by atoms with E-state index in [4.69, 9.17) is 9.47 Å². The lowest BCUT2D eigenvalue weighted by Crippen LogP contribution is -2.57. The topological polar surface area (TPSA) is 68.7 Å². The molecular formula is C18H24N2O4. The summed E-state index contributed by atoms with van der Waals surface area (Å²) in [5.41, 5.74) is 0.587. The summed E-state index contributed by atoms with van der Waals surface area (Å²) in [6.07, 6.45) is 0.748. The van der Waals surface area contributed by atoms with Crippen molar-refractivity contribution in [1.82, 2.24) is 9.88 Å². The molecule has 1 amide bonds. The molecule has 24 heavy (non-hydrogen) atoms. The highest BCUT2D eigenvalue weighted by atomic mass is 16.5. The molecule has 1 aromatic heterocycles. The predicted octanol–water partition coefficient (Wildman–Crippen LogP) is 1.89. The van der Waals surface area contributed by atoms with Crippen LogP contribution in [0.3, 0.4) is 0 Å². The van der Waals surface area contributed by atoms with Gasteiger partial charge in [-0.15, -0.1) is 0 Å². The lowest BCUT2D eigenvalue weighted by molar-refractivity contribution is -0.174. The van der Waals surface area contributed by atoms with Gasteiger partial charge in [0, 0.05) is 20.2 Å². The Bertz CT molecular complexity index is 673. The Balaban J connectivity index is 1.83. The Kier molecular flexibility index (Phi) is 4.11. The Hall–Kier alpha value is -1.95. The molecule has 6 heteroatoms. The minimum Gasteiger partial charge on any atom is -0.469 e. The van der Waals surface area contributed by atoms with E-state index in [2.05, 4.69) is 18.8 Å². The molecule has 1 saturated carbocycles. The van der Waals surface area contributed by atoms with Gasteiger partial charge >= 0.3 is 5.97 Å². The molecule has 2 aliphatic rings. The van der Waals surface area contributed by atoms with Crippen LogP contribution in [-0.2, 0) is 20.9 Å². The molecule has 0 radical (unpaired) electrons. The molecular weight excluding hydrogens is 308 g/mol. The molecule has 3 rings (SSSR count). The summed E-state index contributed by atoms with van der Waals surface area (Å²) in [5, 5.41) is 0. The number of nitrogens with zero attached hydrogens (tertiary/aromatic N) is 2. The van der Waals surface area contributed by atoms with Crippen LogP contribution in [0.15, 0.2) is 18.2 Å². The van der Waals surface area contributed by atoms with Gasteiger partial charge in [0.05, 0.1) is 24.8 Å². The lowest BCUT2D eigenvalue weighted by Gasteiger charge is -2.54. The number of fused-ring (bicyclic) bond motifs is 1. The summed E-state index contributed by atoms with van der Waals surface area (Å²) in [6.45, 7) is 5.62. The number of carbonyl (C=O) groups is 2. The average Bonchev–Trinajstić information content (AvgIpc) is 2.90. The van der Waals surface area contributed by atoms with E-state index >= 15 is 0 Å². The van der Waals surface area contributed by atoms with E-state index < -0.39 is 5.41 Å². The van der Waals surface area contributed by atoms with Crippen molar-refractivity contribution in [3.63, 3.8) is 0 Å². The number of likely N-dealkylation sites (tertiary alicyclic amines) is 1. The molecule has 0 unspecified atom stereocenters. The van der Waals surface area contributed by atoms with E-state index in [1.807, 2.05) is 6.07 Å². The summed E-state index contributed by atoms with van der Waals surface area (Å²) >= 11 is 0. The normalized spacial score (nSPS) is 27.3. The number of carbonyl (C=O) groups excluding carboxylic acids is 2. The molecule has 130 valence electrons. The third-order valence-corrected chi connectivity index (χ3v) is 5.45. The molecule has 2 fully saturated rings. The Labute approximate surface area is 142 Å². The van der Waals surface area contributed by atoms with Gasteiger partial charge < -0.3 is 14.4 Å². The molecule has 2 atom stereocenters. The minimum atomic E-state index is -0.557. The summed E-state index contributed by atoms with van der Waals surface area (Å²) < 4.78 is 10.1. The van der Waals surface area contributed by atoms with Crippen LogP contribution in [0, 0.1) is 16.7 Å². The van der Waals surface area contributed by atoms with Crippen molar-refractivity contribution < 1.29 is 19.1 Å². The maximum Gasteiger partial charge on any atom is 0.314 e. The molecule has 1 aromatic rings. The number of aromatic nitrogens is 1. The van der Waals surface area contributed by atoms with Crippen LogP contribution in [0.5, 0.6) is 0 Å². The lowest BCUT2D eigenvalue weighted by atomic mass is 9.48. The van der Waals surface area contributed by atoms with Crippen molar-refractivity contribution in [2.24, 2.45) is 16.7 Å². The third kappa shape index (κ3) is 2.49. The second-order valence-corrected chi connectivity index (χ2v) is 7.50. The Morgan fingerprint density at radius 2 is 2.08 bits per heavy atom. The smallest absolute Gasteiger partial charge is 0.314 e. The van der Waals surface area contributed by atoms with Gasteiger partial charge in [0.25, 0.3) is 5.91 Å². The van der Waals surface area contributed by atoms with Crippen LogP contribution in [0.2, 0.25) is 0 Å². The number of hydrogen-bond donors (Lipinski definition) is 0. The van der Waals surface area contributed by atoms with Crippen molar-refractivity contribution in [1.29, 1.82) is 0 Å². The van der Waals surface area contributed by atoms with E-state index in [1.165, 1.54) is 7.11 Å². The predicted molar refractivity (Wildman–Crippen MR) is 87.2 cm³/mol. The number of rotatable bonds is 4. The van der Waals surface area contributed by atoms with Crippen molar-refractivity contribution in [2.45, 2.75) is 26.9 Å². The largest absolute Gasteiger partial charge is 0.469 e. The molecule has 0 N–H and O–H groups in total. The maximum absolute atomic E-state index is 12.9. The van der Waals surface area contributed by atoms with Gasteiger partial charge in [0.2, 0.25) is 0 Å². The number of hydrogen-bond acceptors (Lipinski definition) is 5. The molecule has 1 aliphatic heterocycles. The van der Waals surface area contributed by atoms with Gasteiger partial charge in [-0.2, -0.15) is 0 Å². The first-order valence-electron chi connectivity index (χ1n) is 8.16. The molecule has 1 saturated heterocycles. The zero-order valence-corrected chi connectivity index (χ0v) is 14.7. The van der Waals surface area contributed by atoms with Gasteiger partial charge in [-0.05, 0) is 29.9 Å². The number of ether oxygens (including phenoxy) is 2. The monoisotopic (exact) mass is 332 g/mol. The van der Waals surface area contributed by atoms with E-state index in [0.29, 0.717) is 31.1 Å². The second kappa shape index (κ2) is 5.84. The van der Waals surface area contributed by atoms with E-state index in [0.717, 1.165) is 6.42 Å². The number of esters is 1. The van der Waals surface area contributed by atoms with Crippen LogP contribution in [0.4, 0.5) is 0 Å². The highest BCUT2D eigenvalue weighted by molar-refractivity contribution is 5.93. The van der Waals surface area contributed by atoms with Crippen LogP contribution >= 0.6 is 0 Å². The highest BCUT2D eigenvalue weighted by Gasteiger charge is 2.68. The van der Waals surface area contributed by atoms with E-state index in [-0.39, 0.29) is 23.2 Å². The second-order valence-electron chi connectivity index (χ2n) is 7.50. The van der Waals surface area contributed by atoms with Gasteiger partial charge in [-0.1, -0.05) is 19.9 Å². The Morgan fingerprint density at radius 1 is 1.33 bits per heavy atom. The zero-order chi connectivity index (χ0) is 17.5. The van der Waals surface area contributed by atoms with Crippen LogP contribution in [0.25, 0.3) is 0 Å². The quantitative estimate of drug-likeness (QED) is 0.788. The van der Waals surface area contributed by atoms with E-state index in [9.17, 15) is 9.59 Å². The average molecular weight is 332 g/mol. The Morgan fingerprint density at radius 3 is 2.71 bits per heavy atom. The van der Waals surface area contributed by atoms with Gasteiger partial charge in [-0.3, -0.25) is 9.59 Å². The van der Waals surface area contributed by atoms with Crippen molar-refractivity contribution in [3.8, 4) is 0 Å². The zero-order valence-electron chi connectivity index (χ0n) is 14.7. The van der Waals surface area contributed by atoms with Crippen molar-refractivity contribution in [2.75, 3.05) is 27.3 Å². The summed E-state index contributed by atoms with van der Waals surface area (Å²) in [5.74, 6) is -0.215. The van der Waals surface area contributed by atoms with Gasteiger partial charge in [0.15, 0.2) is 0 Å². The summed E-state index contributed by atoms with van der Waals surface area (Å²) in [4.78, 5) is 31.3. The summed E-state index contributed by atoms with van der Waals surface area (Å²) in [7, 11) is 3.01. The first kappa shape index (κ1) is 16.9. The molecule has 1 aliphatic carbocycles. The first-order valence-corrected chi connectivity index (χ1v) is 8.16. The molecule has 6 nitrogen and oxygen atoms in total. The fourth-order valence-electron chi connectivity index (χ4n) is 4.52. The fourth-order valence-corrected chi connectivity index (χ4v) is 4.52. The van der Waals surface area contributed by atoms with Gasteiger partial charge in [-0.25, -0.2) is 4.98 Å². The van der Waals surface area contributed by atoms with Crippen LogP contribution in [-0.4, -0.2) is 49.1 Å². The molecule has 0 spiro atoms. The third-order valence-electron chi connectivity index (χ3n) is 5.45. The first-order chi connectivity index (χ1) is 11.3. The van der Waals surface area contributed by atoms with Crippen molar-refractivity contribution in [3.05, 3.63) is 29.6 Å². The standard InChI is InChI=1S/C18H24N2O4/c1-17(2)10-18(16(22)24-4)11-20(8-14(17)18)15(21)13-7-5-6-12(19-13)9-23-3/h5-7,14H,8-11H2,1-4H3/t14-,18+/m1/s1. The van der Waals surface area contributed by atoms with Crippen molar-refractivity contribution >= 4 is 11.9 Å². The van der Waals surface area contributed by atoms with E-state index in [1.54, 1.807) is 24.1 Å². The molecule has 2 heterocycles. The SMILES string of the molecule is COCc1cccc(C(=O)N2C[C@@H]3C(C)(C)C[C@]3(C(=O)OC)C2)n1. The molecule has 0 bridgehead atoms. The highest BCUT2D eigenvalue weighted by Crippen LogP contribution is 2.63. The van der Waals surface area contributed by atoms with Gasteiger partial charge in [0.1, 0.15) is 5.69 Å². The van der Waals surface area contributed by atoms with Crippen LogP contribution in [0.1, 0.15) is 36.5 Å². The number of pyridine rings is 1. The number of methoxy groups -OCH3 is 2. The minimum absolute atomic E-state index is 0.0363. The van der Waals surface area contributed by atoms with Crippen LogP contribution < -0.4 is 0 Å².